The minimum absolute atomic E-state index is 0.476. The van der Waals surface area contributed by atoms with Crippen molar-refractivity contribution >= 4 is 15.9 Å². The molecule has 0 spiro atoms. The quantitative estimate of drug-likeness (QED) is 0.806. The predicted molar refractivity (Wildman–Crippen MR) is 74.0 cm³/mol. The van der Waals surface area contributed by atoms with Gasteiger partial charge in [0.2, 0.25) is 0 Å². The third kappa shape index (κ3) is 2.34. The summed E-state index contributed by atoms with van der Waals surface area (Å²) >= 11 is 3.23. The number of para-hydroxylation sites is 1. The van der Waals surface area contributed by atoms with Crippen LogP contribution >= 0.6 is 15.9 Å². The largest absolute Gasteiger partial charge is 0.451 e. The summed E-state index contributed by atoms with van der Waals surface area (Å²) in [6, 6.07) is 14.9. The van der Waals surface area contributed by atoms with Gasteiger partial charge in [-0.2, -0.15) is 5.10 Å². The van der Waals surface area contributed by atoms with Gasteiger partial charge in [-0.1, -0.05) is 18.2 Å². The number of hydrogen-bond donors (Lipinski definition) is 1. The van der Waals surface area contributed by atoms with Gasteiger partial charge in [-0.25, -0.2) is 4.68 Å². The molecule has 1 aromatic carbocycles. The van der Waals surface area contributed by atoms with Crippen molar-refractivity contribution in [1.29, 1.82) is 0 Å². The van der Waals surface area contributed by atoms with Crippen LogP contribution in [0.3, 0.4) is 0 Å². The van der Waals surface area contributed by atoms with Gasteiger partial charge in [0.15, 0.2) is 10.8 Å². The average molecular weight is 319 g/mol. The van der Waals surface area contributed by atoms with Gasteiger partial charge in [0, 0.05) is 6.20 Å². The molecular weight excluding hydrogens is 308 g/mol. The minimum Gasteiger partial charge on any atom is -0.451 e. The lowest BCUT2D eigenvalue weighted by molar-refractivity contribution is 0.180. The van der Waals surface area contributed by atoms with Crippen molar-refractivity contribution in [2.45, 2.75) is 6.10 Å². The number of furan rings is 1. The molecule has 1 unspecified atom stereocenters. The first-order valence-electron chi connectivity index (χ1n) is 5.78. The van der Waals surface area contributed by atoms with Crippen LogP contribution in [0.1, 0.15) is 17.6 Å². The van der Waals surface area contributed by atoms with E-state index in [1.807, 2.05) is 30.3 Å². The molecule has 0 saturated carbocycles. The van der Waals surface area contributed by atoms with Gasteiger partial charge >= 0.3 is 0 Å². The van der Waals surface area contributed by atoms with Crippen LogP contribution in [0.4, 0.5) is 0 Å². The molecule has 2 heterocycles. The second-order valence-electron chi connectivity index (χ2n) is 4.05. The molecular formula is C14H11BrN2O2. The third-order valence-electron chi connectivity index (χ3n) is 2.82. The fourth-order valence-corrected chi connectivity index (χ4v) is 2.25. The Bertz CT molecular complexity index is 676. The summed E-state index contributed by atoms with van der Waals surface area (Å²) in [4.78, 5) is 0. The zero-order valence-electron chi connectivity index (χ0n) is 9.90. The number of benzene rings is 1. The van der Waals surface area contributed by atoms with E-state index < -0.39 is 6.10 Å². The molecule has 0 aliphatic heterocycles. The molecule has 0 fully saturated rings. The molecule has 0 saturated heterocycles. The highest BCUT2D eigenvalue weighted by Crippen LogP contribution is 2.27. The Morgan fingerprint density at radius 1 is 1.11 bits per heavy atom. The van der Waals surface area contributed by atoms with Crippen LogP contribution in [0, 0.1) is 0 Å². The maximum Gasteiger partial charge on any atom is 0.169 e. The van der Waals surface area contributed by atoms with E-state index in [-0.39, 0.29) is 0 Å². The van der Waals surface area contributed by atoms with Crippen molar-refractivity contribution in [3.05, 3.63) is 70.9 Å². The molecule has 1 atom stereocenters. The van der Waals surface area contributed by atoms with Gasteiger partial charge in [0.1, 0.15) is 5.76 Å². The molecule has 5 heteroatoms. The lowest BCUT2D eigenvalue weighted by Gasteiger charge is -2.11. The third-order valence-corrected chi connectivity index (χ3v) is 3.24. The average Bonchev–Trinajstić information content (AvgIpc) is 3.07. The summed E-state index contributed by atoms with van der Waals surface area (Å²) in [6.07, 6.45) is 0.804. The molecule has 4 nitrogen and oxygen atoms in total. The second kappa shape index (κ2) is 5.03. The van der Waals surface area contributed by atoms with E-state index in [1.165, 1.54) is 0 Å². The van der Waals surface area contributed by atoms with Crippen molar-refractivity contribution in [2.75, 3.05) is 0 Å². The van der Waals surface area contributed by atoms with Gasteiger partial charge in [0.05, 0.1) is 11.4 Å². The first-order chi connectivity index (χ1) is 9.25. The van der Waals surface area contributed by atoms with Gasteiger partial charge in [-0.3, -0.25) is 0 Å². The summed E-state index contributed by atoms with van der Waals surface area (Å²) in [6.45, 7) is 0. The molecule has 1 N–H and O–H groups in total. The Labute approximate surface area is 118 Å². The second-order valence-corrected chi connectivity index (χ2v) is 4.83. The van der Waals surface area contributed by atoms with E-state index in [2.05, 4.69) is 21.0 Å². The van der Waals surface area contributed by atoms with Gasteiger partial charge < -0.3 is 9.52 Å². The molecule has 96 valence electrons. The van der Waals surface area contributed by atoms with E-state index in [0.29, 0.717) is 16.1 Å². The monoisotopic (exact) mass is 318 g/mol. The Balaban J connectivity index is 2.01. The number of nitrogens with zero attached hydrogens (tertiary/aromatic N) is 2. The molecule has 2 aromatic heterocycles. The predicted octanol–water partition coefficient (Wildman–Crippen LogP) is 3.31. The number of aromatic nitrogens is 2. The normalized spacial score (nSPS) is 12.5. The van der Waals surface area contributed by atoms with Crippen LogP contribution in [-0.4, -0.2) is 14.9 Å². The Kier molecular flexibility index (Phi) is 3.23. The van der Waals surface area contributed by atoms with E-state index in [4.69, 9.17) is 4.42 Å². The summed E-state index contributed by atoms with van der Waals surface area (Å²) in [5.41, 5.74) is 1.56. The SMILES string of the molecule is OC(c1ccc(Br)o1)c1ccnn1-c1ccccc1. The van der Waals surface area contributed by atoms with Crippen LogP contribution < -0.4 is 0 Å². The Morgan fingerprint density at radius 2 is 1.89 bits per heavy atom. The molecule has 0 aliphatic carbocycles. The number of rotatable bonds is 3. The van der Waals surface area contributed by atoms with E-state index in [9.17, 15) is 5.11 Å². The lowest BCUT2D eigenvalue weighted by atomic mass is 10.2. The summed E-state index contributed by atoms with van der Waals surface area (Å²) in [5, 5.41) is 14.6. The molecule has 19 heavy (non-hydrogen) atoms. The van der Waals surface area contributed by atoms with Gasteiger partial charge in [-0.15, -0.1) is 0 Å². The van der Waals surface area contributed by atoms with Crippen molar-refractivity contribution in [2.24, 2.45) is 0 Å². The smallest absolute Gasteiger partial charge is 0.169 e. The first kappa shape index (κ1) is 12.2. The fourth-order valence-electron chi connectivity index (χ4n) is 1.93. The van der Waals surface area contributed by atoms with Crippen LogP contribution in [0.2, 0.25) is 0 Å². The standard InChI is InChI=1S/C14H11BrN2O2/c15-13-7-6-12(19-13)14(18)11-8-9-16-17(11)10-4-2-1-3-5-10/h1-9,14,18H. The zero-order chi connectivity index (χ0) is 13.2. The van der Waals surface area contributed by atoms with Crippen molar-refractivity contribution < 1.29 is 9.52 Å². The van der Waals surface area contributed by atoms with Crippen LogP contribution in [-0.2, 0) is 0 Å². The first-order valence-corrected chi connectivity index (χ1v) is 6.57. The van der Waals surface area contributed by atoms with E-state index in [0.717, 1.165) is 5.69 Å². The van der Waals surface area contributed by atoms with Crippen molar-refractivity contribution in [1.82, 2.24) is 9.78 Å². The molecule has 0 aliphatic rings. The Morgan fingerprint density at radius 3 is 2.58 bits per heavy atom. The van der Waals surface area contributed by atoms with Crippen LogP contribution in [0.15, 0.2) is 63.8 Å². The highest BCUT2D eigenvalue weighted by Gasteiger charge is 2.19. The molecule has 3 aromatic rings. The summed E-state index contributed by atoms with van der Waals surface area (Å²) in [7, 11) is 0. The topological polar surface area (TPSA) is 51.2 Å². The maximum absolute atomic E-state index is 10.4. The number of halogens is 1. The van der Waals surface area contributed by atoms with Crippen molar-refractivity contribution in [3.63, 3.8) is 0 Å². The highest BCUT2D eigenvalue weighted by atomic mass is 79.9. The number of hydrogen-bond acceptors (Lipinski definition) is 3. The summed E-state index contributed by atoms with van der Waals surface area (Å²) < 4.78 is 7.67. The summed E-state index contributed by atoms with van der Waals surface area (Å²) in [5.74, 6) is 0.476. The highest BCUT2D eigenvalue weighted by molar-refractivity contribution is 9.10. The molecule has 0 amide bonds. The maximum atomic E-state index is 10.4. The van der Waals surface area contributed by atoms with E-state index in [1.54, 1.807) is 29.1 Å². The fraction of sp³-hybridized carbons (Fsp3) is 0.0714. The molecule has 0 radical (unpaired) electrons. The van der Waals surface area contributed by atoms with Crippen LogP contribution in [0.5, 0.6) is 0 Å². The van der Waals surface area contributed by atoms with Crippen LogP contribution in [0.25, 0.3) is 5.69 Å². The van der Waals surface area contributed by atoms with Crippen molar-refractivity contribution in [3.8, 4) is 5.69 Å². The molecule has 3 rings (SSSR count). The van der Waals surface area contributed by atoms with Gasteiger partial charge in [0.25, 0.3) is 0 Å². The van der Waals surface area contributed by atoms with E-state index >= 15 is 0 Å². The zero-order valence-corrected chi connectivity index (χ0v) is 11.5. The van der Waals surface area contributed by atoms with Gasteiger partial charge in [-0.05, 0) is 46.3 Å². The number of aliphatic hydroxyl groups is 1. The molecule has 0 bridgehead atoms. The lowest BCUT2D eigenvalue weighted by Crippen LogP contribution is -2.07. The Hall–Kier alpha value is -1.85. The minimum atomic E-state index is -0.853. The number of aliphatic hydroxyl groups excluding tert-OH is 1.